The van der Waals surface area contributed by atoms with Crippen LogP contribution in [0.2, 0.25) is 0 Å². The van der Waals surface area contributed by atoms with E-state index >= 15 is 0 Å². The largest absolute Gasteiger partial charge is 0.495 e. The van der Waals surface area contributed by atoms with E-state index in [9.17, 15) is 9.18 Å². The molecular formula is C11H10FNO3. The summed E-state index contributed by atoms with van der Waals surface area (Å²) in [5.41, 5.74) is 0.388. The normalized spacial score (nSPS) is 10.4. The van der Waals surface area contributed by atoms with Crippen molar-refractivity contribution in [3.8, 4) is 5.75 Å². The number of carbonyl (C=O) groups is 1. The molecule has 0 unspecified atom stereocenters. The maximum absolute atomic E-state index is 13.9. The molecule has 1 aromatic carbocycles. The van der Waals surface area contributed by atoms with Crippen LogP contribution in [-0.4, -0.2) is 25.2 Å². The molecule has 0 radical (unpaired) electrons. The Hall–Kier alpha value is -2.04. The van der Waals surface area contributed by atoms with E-state index in [-0.39, 0.29) is 5.56 Å². The molecule has 0 aliphatic heterocycles. The lowest BCUT2D eigenvalue weighted by Gasteiger charge is -2.06. The highest BCUT2D eigenvalue weighted by molar-refractivity contribution is 5.97. The van der Waals surface area contributed by atoms with Gasteiger partial charge in [-0.1, -0.05) is 0 Å². The van der Waals surface area contributed by atoms with Crippen LogP contribution < -0.4 is 4.74 Å². The fraction of sp³-hybridized carbons (Fsp3) is 0.182. The van der Waals surface area contributed by atoms with Crippen LogP contribution in [0.3, 0.4) is 0 Å². The number of methoxy groups -OCH3 is 2. The van der Waals surface area contributed by atoms with Crippen LogP contribution in [-0.2, 0) is 4.74 Å². The van der Waals surface area contributed by atoms with E-state index in [1.165, 1.54) is 20.3 Å². The number of aromatic nitrogens is 1. The minimum Gasteiger partial charge on any atom is -0.495 e. The lowest BCUT2D eigenvalue weighted by molar-refractivity contribution is 0.0595. The van der Waals surface area contributed by atoms with Gasteiger partial charge in [0.1, 0.15) is 11.6 Å². The molecule has 0 aliphatic carbocycles. The number of halogens is 1. The summed E-state index contributed by atoms with van der Waals surface area (Å²) in [5.74, 6) is -0.926. The van der Waals surface area contributed by atoms with Gasteiger partial charge in [-0.25, -0.2) is 9.18 Å². The summed E-state index contributed by atoms with van der Waals surface area (Å²) in [6, 6.07) is 2.86. The van der Waals surface area contributed by atoms with E-state index in [0.717, 1.165) is 0 Å². The Balaban J connectivity index is 2.75. The first-order valence-electron chi connectivity index (χ1n) is 4.61. The summed E-state index contributed by atoms with van der Waals surface area (Å²) in [4.78, 5) is 14.2. The molecule has 0 fully saturated rings. The van der Waals surface area contributed by atoms with Gasteiger partial charge in [0, 0.05) is 11.6 Å². The molecule has 1 aromatic heterocycles. The molecular weight excluding hydrogens is 213 g/mol. The number of hydrogen-bond donors (Lipinski definition) is 1. The molecule has 2 rings (SSSR count). The molecule has 0 aliphatic rings. The number of nitrogens with one attached hydrogen (secondary N) is 1. The van der Waals surface area contributed by atoms with Crippen molar-refractivity contribution in [3.05, 3.63) is 29.7 Å². The summed E-state index contributed by atoms with van der Waals surface area (Å²) in [5, 5.41) is 0.305. The van der Waals surface area contributed by atoms with E-state index in [4.69, 9.17) is 4.74 Å². The number of esters is 1. The zero-order valence-electron chi connectivity index (χ0n) is 8.83. The van der Waals surface area contributed by atoms with Crippen LogP contribution >= 0.6 is 0 Å². The predicted octanol–water partition coefficient (Wildman–Crippen LogP) is 2.10. The number of hydrogen-bond acceptors (Lipinski definition) is 3. The Labute approximate surface area is 91.0 Å². The monoisotopic (exact) mass is 223 g/mol. The van der Waals surface area contributed by atoms with Crippen molar-refractivity contribution in [2.24, 2.45) is 0 Å². The average molecular weight is 223 g/mol. The maximum atomic E-state index is 13.9. The third kappa shape index (κ3) is 1.41. The smallest absolute Gasteiger partial charge is 0.341 e. The molecule has 0 atom stereocenters. The second-order valence-corrected chi connectivity index (χ2v) is 3.20. The number of fused-ring (bicyclic) bond motifs is 1. The molecule has 5 heteroatoms. The fourth-order valence-corrected chi connectivity index (χ4v) is 1.59. The van der Waals surface area contributed by atoms with Crippen molar-refractivity contribution >= 4 is 16.9 Å². The van der Waals surface area contributed by atoms with Gasteiger partial charge in [0.05, 0.1) is 25.3 Å². The zero-order chi connectivity index (χ0) is 11.7. The Kier molecular flexibility index (Phi) is 2.52. The second kappa shape index (κ2) is 3.84. The predicted molar refractivity (Wildman–Crippen MR) is 56.1 cm³/mol. The number of benzene rings is 1. The van der Waals surface area contributed by atoms with Gasteiger partial charge in [0.15, 0.2) is 0 Å². The highest BCUT2D eigenvalue weighted by Gasteiger charge is 2.19. The standard InChI is InChI=1S/C11H10FNO3/c1-15-8-5-7(11(14)16-2)9(12)6-3-4-13-10(6)8/h3-5,13H,1-2H3. The molecule has 0 amide bonds. The minimum absolute atomic E-state index is 0.133. The molecule has 0 saturated heterocycles. The molecule has 1 heterocycles. The number of carbonyl (C=O) groups excluding carboxylic acids is 1. The van der Waals surface area contributed by atoms with Gasteiger partial charge in [-0.3, -0.25) is 0 Å². The first kappa shape index (κ1) is 10.5. The Morgan fingerprint density at radius 3 is 2.81 bits per heavy atom. The van der Waals surface area contributed by atoms with E-state index in [0.29, 0.717) is 16.7 Å². The topological polar surface area (TPSA) is 51.3 Å². The molecule has 0 saturated carbocycles. The van der Waals surface area contributed by atoms with Gasteiger partial charge in [-0.15, -0.1) is 0 Å². The number of rotatable bonds is 2. The van der Waals surface area contributed by atoms with Gasteiger partial charge in [0.2, 0.25) is 0 Å². The minimum atomic E-state index is -0.723. The van der Waals surface area contributed by atoms with Crippen LogP contribution in [0.15, 0.2) is 18.3 Å². The number of aromatic amines is 1. The SMILES string of the molecule is COC(=O)c1cc(OC)c2[nH]ccc2c1F. The summed E-state index contributed by atoms with van der Waals surface area (Å²) in [6.07, 6.45) is 1.58. The first-order valence-corrected chi connectivity index (χ1v) is 4.61. The lowest BCUT2D eigenvalue weighted by Crippen LogP contribution is -2.05. The highest BCUT2D eigenvalue weighted by Crippen LogP contribution is 2.29. The fourth-order valence-electron chi connectivity index (χ4n) is 1.59. The average Bonchev–Trinajstić information content (AvgIpc) is 2.78. The van der Waals surface area contributed by atoms with Crippen molar-refractivity contribution in [3.63, 3.8) is 0 Å². The molecule has 0 spiro atoms. The third-order valence-electron chi connectivity index (χ3n) is 2.37. The quantitative estimate of drug-likeness (QED) is 0.793. The first-order chi connectivity index (χ1) is 7.69. The summed E-state index contributed by atoms with van der Waals surface area (Å²) >= 11 is 0. The molecule has 16 heavy (non-hydrogen) atoms. The zero-order valence-corrected chi connectivity index (χ0v) is 8.83. The van der Waals surface area contributed by atoms with E-state index < -0.39 is 11.8 Å². The molecule has 2 aromatic rings. The molecule has 4 nitrogen and oxygen atoms in total. The Morgan fingerprint density at radius 1 is 1.44 bits per heavy atom. The summed E-state index contributed by atoms with van der Waals surface area (Å²) in [7, 11) is 2.66. The van der Waals surface area contributed by atoms with Crippen molar-refractivity contribution < 1.29 is 18.7 Å². The summed E-state index contributed by atoms with van der Waals surface area (Å²) in [6.45, 7) is 0. The summed E-state index contributed by atoms with van der Waals surface area (Å²) < 4.78 is 23.4. The van der Waals surface area contributed by atoms with Crippen molar-refractivity contribution in [1.29, 1.82) is 0 Å². The van der Waals surface area contributed by atoms with Crippen molar-refractivity contribution in [2.75, 3.05) is 14.2 Å². The van der Waals surface area contributed by atoms with Gasteiger partial charge in [0.25, 0.3) is 0 Å². The van der Waals surface area contributed by atoms with Crippen molar-refractivity contribution in [2.45, 2.75) is 0 Å². The number of ether oxygens (including phenoxy) is 2. The van der Waals surface area contributed by atoms with E-state index in [1.54, 1.807) is 12.3 Å². The van der Waals surface area contributed by atoms with Crippen LogP contribution in [0.1, 0.15) is 10.4 Å². The molecule has 0 bridgehead atoms. The van der Waals surface area contributed by atoms with Gasteiger partial charge >= 0.3 is 5.97 Å². The van der Waals surface area contributed by atoms with Gasteiger partial charge in [-0.05, 0) is 12.1 Å². The second-order valence-electron chi connectivity index (χ2n) is 3.20. The highest BCUT2D eigenvalue weighted by atomic mass is 19.1. The van der Waals surface area contributed by atoms with Crippen LogP contribution in [0, 0.1) is 5.82 Å². The van der Waals surface area contributed by atoms with E-state index in [1.807, 2.05) is 0 Å². The van der Waals surface area contributed by atoms with Crippen molar-refractivity contribution in [1.82, 2.24) is 4.98 Å². The van der Waals surface area contributed by atoms with Gasteiger partial charge < -0.3 is 14.5 Å². The van der Waals surface area contributed by atoms with Crippen LogP contribution in [0.25, 0.3) is 10.9 Å². The Bertz CT molecular complexity index is 547. The van der Waals surface area contributed by atoms with Gasteiger partial charge in [-0.2, -0.15) is 0 Å². The molecule has 1 N–H and O–H groups in total. The lowest BCUT2D eigenvalue weighted by atomic mass is 10.1. The Morgan fingerprint density at radius 2 is 2.19 bits per heavy atom. The number of H-pyrrole nitrogens is 1. The molecule has 84 valence electrons. The maximum Gasteiger partial charge on any atom is 0.341 e. The van der Waals surface area contributed by atoms with E-state index in [2.05, 4.69) is 9.72 Å². The van der Waals surface area contributed by atoms with Crippen LogP contribution in [0.4, 0.5) is 4.39 Å². The van der Waals surface area contributed by atoms with Crippen LogP contribution in [0.5, 0.6) is 5.75 Å². The third-order valence-corrected chi connectivity index (χ3v) is 2.37.